The molecule has 0 bridgehead atoms. The summed E-state index contributed by atoms with van der Waals surface area (Å²) in [6.07, 6.45) is 5.29. The fourth-order valence-electron chi connectivity index (χ4n) is 2.86. The van der Waals surface area contributed by atoms with Crippen molar-refractivity contribution in [3.8, 4) is 11.8 Å². The molecule has 0 atom stereocenters. The van der Waals surface area contributed by atoms with Gasteiger partial charge in [0.1, 0.15) is 6.61 Å². The first-order chi connectivity index (χ1) is 9.50. The second kappa shape index (κ2) is 6.76. The lowest BCUT2D eigenvalue weighted by molar-refractivity contribution is 0.124. The molecule has 0 aromatic carbocycles. The summed E-state index contributed by atoms with van der Waals surface area (Å²) in [4.78, 5) is 4.90. The van der Waals surface area contributed by atoms with Crippen LogP contribution in [-0.2, 0) is 6.54 Å². The first-order valence-electron chi connectivity index (χ1n) is 7.39. The van der Waals surface area contributed by atoms with E-state index in [1.807, 2.05) is 0 Å². The van der Waals surface area contributed by atoms with Crippen LogP contribution in [0, 0.1) is 17.3 Å². The Morgan fingerprint density at radius 2 is 2.05 bits per heavy atom. The number of nitrogens with zero attached hydrogens (tertiary/aromatic N) is 1. The Balaban J connectivity index is 1.88. The van der Waals surface area contributed by atoms with E-state index in [1.54, 1.807) is 11.3 Å². The monoisotopic (exact) mass is 291 g/mol. The fraction of sp³-hybridized carbons (Fsp3) is 0.647. The van der Waals surface area contributed by atoms with Crippen LogP contribution >= 0.6 is 11.3 Å². The third-order valence-electron chi connectivity index (χ3n) is 4.29. The van der Waals surface area contributed by atoms with Crippen molar-refractivity contribution in [2.45, 2.75) is 52.1 Å². The molecule has 0 spiro atoms. The molecule has 1 saturated carbocycles. The highest BCUT2D eigenvalue weighted by molar-refractivity contribution is 7.12. The maximum absolute atomic E-state index is 8.72. The molecule has 1 aromatic heterocycles. The number of rotatable bonds is 3. The van der Waals surface area contributed by atoms with Crippen molar-refractivity contribution in [2.75, 3.05) is 13.7 Å². The zero-order valence-electron chi connectivity index (χ0n) is 12.8. The number of aliphatic hydroxyl groups excluding tert-OH is 1. The van der Waals surface area contributed by atoms with Gasteiger partial charge in [0, 0.05) is 17.5 Å². The van der Waals surface area contributed by atoms with Crippen LogP contribution in [0.3, 0.4) is 0 Å². The van der Waals surface area contributed by atoms with Crippen LogP contribution in [0.1, 0.15) is 49.3 Å². The molecule has 3 heteroatoms. The molecule has 1 fully saturated rings. The van der Waals surface area contributed by atoms with Crippen molar-refractivity contribution in [3.63, 3.8) is 0 Å². The third-order valence-corrected chi connectivity index (χ3v) is 5.27. The molecule has 110 valence electrons. The van der Waals surface area contributed by atoms with Gasteiger partial charge in [-0.15, -0.1) is 11.3 Å². The van der Waals surface area contributed by atoms with Crippen molar-refractivity contribution < 1.29 is 5.11 Å². The molecule has 0 radical (unpaired) electrons. The second-order valence-corrected chi connectivity index (χ2v) is 7.70. The molecule has 0 amide bonds. The van der Waals surface area contributed by atoms with Crippen molar-refractivity contribution in [3.05, 3.63) is 21.9 Å². The molecule has 0 aliphatic heterocycles. The SMILES string of the molecule is CN(Cc1ccc(C#CCO)s1)C1CCC(C)(C)CC1. The average molecular weight is 291 g/mol. The summed E-state index contributed by atoms with van der Waals surface area (Å²) in [6.45, 7) is 5.71. The first-order valence-corrected chi connectivity index (χ1v) is 8.20. The van der Waals surface area contributed by atoms with Crippen LogP contribution in [-0.4, -0.2) is 29.7 Å². The summed E-state index contributed by atoms with van der Waals surface area (Å²) in [5, 5.41) is 8.72. The van der Waals surface area contributed by atoms with Gasteiger partial charge in [-0.2, -0.15) is 0 Å². The molecule has 2 nitrogen and oxygen atoms in total. The highest BCUT2D eigenvalue weighted by Gasteiger charge is 2.28. The Morgan fingerprint density at radius 3 is 2.70 bits per heavy atom. The molecular formula is C17H25NOS. The van der Waals surface area contributed by atoms with Gasteiger partial charge in [0.2, 0.25) is 0 Å². The Morgan fingerprint density at radius 1 is 1.35 bits per heavy atom. The van der Waals surface area contributed by atoms with Gasteiger partial charge in [0.15, 0.2) is 0 Å². The third kappa shape index (κ3) is 4.34. The normalized spacial score (nSPS) is 18.9. The average Bonchev–Trinajstić information content (AvgIpc) is 2.83. The van der Waals surface area contributed by atoms with Crippen molar-refractivity contribution in [1.29, 1.82) is 0 Å². The lowest BCUT2D eigenvalue weighted by Gasteiger charge is -2.38. The maximum Gasteiger partial charge on any atom is 0.104 e. The number of aliphatic hydroxyl groups is 1. The van der Waals surface area contributed by atoms with Crippen LogP contribution in [0.15, 0.2) is 12.1 Å². The lowest BCUT2D eigenvalue weighted by atomic mass is 9.75. The molecule has 1 aliphatic rings. The van der Waals surface area contributed by atoms with Crippen molar-refractivity contribution >= 4 is 11.3 Å². The summed E-state index contributed by atoms with van der Waals surface area (Å²) in [7, 11) is 2.24. The van der Waals surface area contributed by atoms with E-state index in [0.717, 1.165) is 17.5 Å². The lowest BCUT2D eigenvalue weighted by Crippen LogP contribution is -2.36. The Hall–Kier alpha value is -0.820. The topological polar surface area (TPSA) is 23.5 Å². The van der Waals surface area contributed by atoms with E-state index in [9.17, 15) is 0 Å². The largest absolute Gasteiger partial charge is 0.384 e. The van der Waals surface area contributed by atoms with E-state index in [-0.39, 0.29) is 6.61 Å². The molecule has 0 unspecified atom stereocenters. The van der Waals surface area contributed by atoms with Gasteiger partial charge in [-0.25, -0.2) is 0 Å². The van der Waals surface area contributed by atoms with Gasteiger partial charge in [-0.1, -0.05) is 25.7 Å². The van der Waals surface area contributed by atoms with E-state index < -0.39 is 0 Å². The second-order valence-electron chi connectivity index (χ2n) is 6.54. The molecule has 2 rings (SSSR count). The van der Waals surface area contributed by atoms with E-state index >= 15 is 0 Å². The van der Waals surface area contributed by atoms with Crippen LogP contribution in [0.2, 0.25) is 0 Å². The van der Waals surface area contributed by atoms with Crippen LogP contribution < -0.4 is 0 Å². The smallest absolute Gasteiger partial charge is 0.104 e. The molecule has 1 heterocycles. The predicted molar refractivity (Wildman–Crippen MR) is 85.8 cm³/mol. The van der Waals surface area contributed by atoms with Gasteiger partial charge in [0.25, 0.3) is 0 Å². The zero-order chi connectivity index (χ0) is 14.6. The minimum absolute atomic E-state index is 0.0645. The van der Waals surface area contributed by atoms with Crippen molar-refractivity contribution in [1.82, 2.24) is 4.90 Å². The van der Waals surface area contributed by atoms with Gasteiger partial charge in [0.05, 0.1) is 4.88 Å². The predicted octanol–water partition coefficient (Wildman–Crippen LogP) is 3.49. The molecular weight excluding hydrogens is 266 g/mol. The fourth-order valence-corrected chi connectivity index (χ4v) is 3.80. The summed E-state index contributed by atoms with van der Waals surface area (Å²) in [5.41, 5.74) is 0.535. The highest BCUT2D eigenvalue weighted by Crippen LogP contribution is 2.37. The van der Waals surface area contributed by atoms with Gasteiger partial charge >= 0.3 is 0 Å². The van der Waals surface area contributed by atoms with E-state index in [4.69, 9.17) is 5.11 Å². The highest BCUT2D eigenvalue weighted by atomic mass is 32.1. The van der Waals surface area contributed by atoms with Crippen LogP contribution in [0.4, 0.5) is 0 Å². The van der Waals surface area contributed by atoms with E-state index in [0.29, 0.717) is 5.41 Å². The van der Waals surface area contributed by atoms with E-state index in [2.05, 4.69) is 49.8 Å². The minimum Gasteiger partial charge on any atom is -0.384 e. The van der Waals surface area contributed by atoms with Crippen LogP contribution in [0.25, 0.3) is 0 Å². The summed E-state index contributed by atoms with van der Waals surface area (Å²) < 4.78 is 0. The Labute approximate surface area is 126 Å². The molecule has 1 aliphatic carbocycles. The number of thiophene rings is 1. The summed E-state index contributed by atoms with van der Waals surface area (Å²) in [6, 6.07) is 4.94. The molecule has 20 heavy (non-hydrogen) atoms. The number of hydrogen-bond acceptors (Lipinski definition) is 3. The standard InChI is InChI=1S/C17H25NOS/c1-17(2)10-8-14(9-11-17)18(3)13-16-7-6-15(20-16)5-4-12-19/h6-7,14,19H,8-13H2,1-3H3. The maximum atomic E-state index is 8.72. The molecule has 1 N–H and O–H groups in total. The van der Waals surface area contributed by atoms with Gasteiger partial charge in [-0.3, -0.25) is 4.90 Å². The zero-order valence-corrected chi connectivity index (χ0v) is 13.6. The first kappa shape index (κ1) is 15.6. The minimum atomic E-state index is -0.0645. The van der Waals surface area contributed by atoms with Crippen LogP contribution in [0.5, 0.6) is 0 Å². The Bertz CT molecular complexity index is 485. The van der Waals surface area contributed by atoms with Crippen molar-refractivity contribution in [2.24, 2.45) is 5.41 Å². The quantitative estimate of drug-likeness (QED) is 0.862. The summed E-state index contributed by atoms with van der Waals surface area (Å²) in [5.74, 6) is 5.68. The summed E-state index contributed by atoms with van der Waals surface area (Å²) >= 11 is 1.74. The van der Waals surface area contributed by atoms with E-state index in [1.165, 1.54) is 30.6 Å². The van der Waals surface area contributed by atoms with Gasteiger partial charge < -0.3 is 5.11 Å². The molecule has 0 saturated heterocycles. The number of hydrogen-bond donors (Lipinski definition) is 1. The molecule has 1 aromatic rings. The van der Waals surface area contributed by atoms with Gasteiger partial charge in [-0.05, 0) is 50.3 Å². The Kier molecular flexibility index (Phi) is 5.26.